The molecule has 3 saturated heterocycles. The standard InChI is InChI=1S/C35H65N3O7/c1-12-15-38-21-23(2)20-35(7,42-11)31(45-32-29(39)28(36(8)9)18-24(3)44-32)25(4)30(40)34(5,6)33(41)43-22-27(38)19-26-13-16-37(10)17-14-26/h23-29,31-32,39H,12-22H2,1-11H3/t23-,24-,25+,27-,28+,29-,31-,32+,35-/m1/s1. The second kappa shape index (κ2) is 16.3. The van der Waals surface area contributed by atoms with Crippen LogP contribution in [0.4, 0.5) is 0 Å². The fourth-order valence-electron chi connectivity index (χ4n) is 7.94. The van der Waals surface area contributed by atoms with E-state index in [4.69, 9.17) is 18.9 Å². The lowest BCUT2D eigenvalue weighted by Crippen LogP contribution is -2.59. The zero-order valence-corrected chi connectivity index (χ0v) is 30.2. The Hall–Kier alpha value is -1.14. The number of rotatable bonds is 8. The van der Waals surface area contributed by atoms with Gasteiger partial charge in [0.15, 0.2) is 12.1 Å². The number of ketones is 1. The van der Waals surface area contributed by atoms with Crippen molar-refractivity contribution in [2.45, 2.75) is 129 Å². The number of aliphatic hydroxyl groups excluding tert-OH is 1. The molecule has 0 amide bonds. The molecule has 3 fully saturated rings. The van der Waals surface area contributed by atoms with Crippen LogP contribution in [0.1, 0.15) is 87.0 Å². The van der Waals surface area contributed by atoms with E-state index >= 15 is 0 Å². The molecule has 45 heavy (non-hydrogen) atoms. The smallest absolute Gasteiger partial charge is 0.319 e. The average molecular weight is 640 g/mol. The lowest BCUT2D eigenvalue weighted by molar-refractivity contribution is -0.295. The van der Waals surface area contributed by atoms with E-state index in [-0.39, 0.29) is 36.5 Å². The third kappa shape index (κ3) is 9.48. The van der Waals surface area contributed by atoms with Crippen LogP contribution in [0.25, 0.3) is 0 Å². The van der Waals surface area contributed by atoms with E-state index in [0.717, 1.165) is 51.9 Å². The van der Waals surface area contributed by atoms with Crippen LogP contribution in [-0.2, 0) is 28.5 Å². The Morgan fingerprint density at radius 2 is 1.73 bits per heavy atom. The number of methoxy groups -OCH3 is 1. The van der Waals surface area contributed by atoms with Crippen molar-refractivity contribution < 1.29 is 33.6 Å². The van der Waals surface area contributed by atoms with Crippen LogP contribution in [0.3, 0.4) is 0 Å². The van der Waals surface area contributed by atoms with Gasteiger partial charge in [-0.2, -0.15) is 0 Å². The Morgan fingerprint density at radius 1 is 1.09 bits per heavy atom. The third-order valence-corrected chi connectivity index (χ3v) is 10.8. The van der Waals surface area contributed by atoms with Crippen molar-refractivity contribution in [3.63, 3.8) is 0 Å². The summed E-state index contributed by atoms with van der Waals surface area (Å²) < 4.78 is 25.2. The molecule has 3 heterocycles. The Bertz CT molecular complexity index is 956. The zero-order chi connectivity index (χ0) is 33.7. The lowest BCUT2D eigenvalue weighted by atomic mass is 9.74. The van der Waals surface area contributed by atoms with E-state index in [9.17, 15) is 14.7 Å². The number of piperidine rings is 1. The molecular weight excluding hydrogens is 574 g/mol. The van der Waals surface area contributed by atoms with Gasteiger partial charge in [0.2, 0.25) is 0 Å². The van der Waals surface area contributed by atoms with Gasteiger partial charge in [0, 0.05) is 31.7 Å². The van der Waals surface area contributed by atoms with Crippen molar-refractivity contribution in [2.24, 2.45) is 23.2 Å². The van der Waals surface area contributed by atoms with Crippen LogP contribution < -0.4 is 0 Å². The number of cyclic esters (lactones) is 1. The Morgan fingerprint density at radius 3 is 2.31 bits per heavy atom. The van der Waals surface area contributed by atoms with Gasteiger partial charge in [0.25, 0.3) is 0 Å². The molecule has 10 heteroatoms. The molecule has 0 aromatic rings. The minimum absolute atomic E-state index is 0.0740. The first-order chi connectivity index (χ1) is 21.0. The molecule has 0 spiro atoms. The number of hydrogen-bond donors (Lipinski definition) is 1. The molecule has 0 aromatic carbocycles. The predicted molar refractivity (Wildman–Crippen MR) is 176 cm³/mol. The highest BCUT2D eigenvalue weighted by molar-refractivity contribution is 6.04. The van der Waals surface area contributed by atoms with Gasteiger partial charge < -0.3 is 33.9 Å². The summed E-state index contributed by atoms with van der Waals surface area (Å²) in [6, 6.07) is -0.0901. The number of esters is 1. The number of likely N-dealkylation sites (N-methyl/N-ethyl adjacent to an activating group) is 1. The van der Waals surface area contributed by atoms with E-state index in [1.165, 1.54) is 0 Å². The monoisotopic (exact) mass is 639 g/mol. The van der Waals surface area contributed by atoms with E-state index in [1.807, 2.05) is 32.8 Å². The van der Waals surface area contributed by atoms with Crippen LogP contribution in [0.15, 0.2) is 0 Å². The predicted octanol–water partition coefficient (Wildman–Crippen LogP) is 3.83. The number of hydrogen-bond acceptors (Lipinski definition) is 10. The topological polar surface area (TPSA) is 101 Å². The summed E-state index contributed by atoms with van der Waals surface area (Å²) in [6.07, 6.45) is 2.72. The fourth-order valence-corrected chi connectivity index (χ4v) is 7.94. The number of aliphatic hydroxyl groups is 1. The first-order valence-corrected chi connectivity index (χ1v) is 17.4. The maximum Gasteiger partial charge on any atom is 0.319 e. The molecule has 3 rings (SSSR count). The molecule has 1 N–H and O–H groups in total. The molecule has 3 aliphatic rings. The highest BCUT2D eigenvalue weighted by Crippen LogP contribution is 2.38. The molecule has 0 bridgehead atoms. The average Bonchev–Trinajstić information content (AvgIpc) is 2.98. The van der Waals surface area contributed by atoms with Gasteiger partial charge in [0.05, 0.1) is 17.8 Å². The van der Waals surface area contributed by atoms with Crippen molar-refractivity contribution in [3.05, 3.63) is 0 Å². The quantitative estimate of drug-likeness (QED) is 0.312. The summed E-state index contributed by atoms with van der Waals surface area (Å²) in [7, 11) is 7.71. The first kappa shape index (κ1) is 38.3. The molecule has 0 radical (unpaired) electrons. The van der Waals surface area contributed by atoms with Crippen LogP contribution in [0.2, 0.25) is 0 Å². The van der Waals surface area contributed by atoms with Crippen molar-refractivity contribution in [3.8, 4) is 0 Å². The fraction of sp³-hybridized carbons (Fsp3) is 0.943. The van der Waals surface area contributed by atoms with Crippen molar-refractivity contribution in [2.75, 3.05) is 61.0 Å². The van der Waals surface area contributed by atoms with E-state index in [1.54, 1.807) is 27.9 Å². The molecule has 0 unspecified atom stereocenters. The Labute approximate surface area is 273 Å². The second-order valence-corrected chi connectivity index (χ2v) is 15.5. The van der Waals surface area contributed by atoms with Gasteiger partial charge in [-0.25, -0.2) is 0 Å². The Balaban J connectivity index is 1.99. The van der Waals surface area contributed by atoms with Gasteiger partial charge >= 0.3 is 5.97 Å². The minimum Gasteiger partial charge on any atom is -0.463 e. The molecule has 3 aliphatic heterocycles. The van der Waals surface area contributed by atoms with Gasteiger partial charge in [-0.05, 0) is 119 Å². The SMILES string of the molecule is CCCN1C[C@H](C)C[C@@](C)(OC)[C@H](O[C@@H]2O[C@H](C)C[C@H](N(C)C)[C@H]2O)[C@@H](C)C(=O)C(C)(C)C(=O)OC[C@H]1CC1CCN(C)CC1. The van der Waals surface area contributed by atoms with Crippen molar-refractivity contribution in [1.29, 1.82) is 0 Å². The highest BCUT2D eigenvalue weighted by Gasteiger charge is 2.51. The van der Waals surface area contributed by atoms with Crippen LogP contribution in [-0.4, -0.2) is 135 Å². The van der Waals surface area contributed by atoms with E-state index < -0.39 is 41.4 Å². The number of carbonyl (C=O) groups excluding carboxylic acids is 2. The molecule has 0 aromatic heterocycles. The number of likely N-dealkylation sites (tertiary alicyclic amines) is 1. The first-order valence-electron chi connectivity index (χ1n) is 17.4. The normalized spacial score (nSPS) is 38.8. The summed E-state index contributed by atoms with van der Waals surface area (Å²) in [5, 5.41) is 11.4. The third-order valence-electron chi connectivity index (χ3n) is 10.8. The summed E-state index contributed by atoms with van der Waals surface area (Å²) in [6.45, 7) is 17.6. The molecule has 0 aliphatic carbocycles. The number of Topliss-reactive ketones (excluding diaryl/α,β-unsaturated/α-hetero) is 1. The van der Waals surface area contributed by atoms with Crippen molar-refractivity contribution >= 4 is 11.8 Å². The van der Waals surface area contributed by atoms with Gasteiger partial charge in [-0.15, -0.1) is 0 Å². The molecular formula is C35H65N3O7. The van der Waals surface area contributed by atoms with E-state index in [2.05, 4.69) is 30.7 Å². The number of nitrogens with zero attached hydrogens (tertiary/aromatic N) is 3. The number of carbonyl (C=O) groups is 2. The summed E-state index contributed by atoms with van der Waals surface area (Å²) in [5.41, 5.74) is -2.30. The van der Waals surface area contributed by atoms with Gasteiger partial charge in [-0.3, -0.25) is 14.5 Å². The summed E-state index contributed by atoms with van der Waals surface area (Å²) >= 11 is 0. The maximum absolute atomic E-state index is 14.3. The van der Waals surface area contributed by atoms with Crippen LogP contribution in [0.5, 0.6) is 0 Å². The highest BCUT2D eigenvalue weighted by atomic mass is 16.7. The summed E-state index contributed by atoms with van der Waals surface area (Å²) in [4.78, 5) is 34.9. The van der Waals surface area contributed by atoms with Crippen LogP contribution in [0, 0.1) is 23.2 Å². The maximum atomic E-state index is 14.3. The number of ether oxygens (including phenoxy) is 4. The lowest BCUT2D eigenvalue weighted by Gasteiger charge is -2.47. The van der Waals surface area contributed by atoms with Crippen LogP contribution >= 0.6 is 0 Å². The Kier molecular flexibility index (Phi) is 13.9. The largest absolute Gasteiger partial charge is 0.463 e. The molecule has 10 nitrogen and oxygen atoms in total. The van der Waals surface area contributed by atoms with E-state index in [0.29, 0.717) is 18.8 Å². The summed E-state index contributed by atoms with van der Waals surface area (Å²) in [5.74, 6) is -0.762. The molecule has 262 valence electrons. The molecule has 0 saturated carbocycles. The van der Waals surface area contributed by atoms with Crippen molar-refractivity contribution in [1.82, 2.24) is 14.7 Å². The van der Waals surface area contributed by atoms with Gasteiger partial charge in [-0.1, -0.05) is 20.8 Å². The molecule has 9 atom stereocenters. The van der Waals surface area contributed by atoms with Gasteiger partial charge in [0.1, 0.15) is 18.1 Å². The zero-order valence-electron chi connectivity index (χ0n) is 30.2. The second-order valence-electron chi connectivity index (χ2n) is 15.5. The minimum atomic E-state index is -1.39.